The smallest absolute Gasteiger partial charge is 0.133 e. The normalized spacial score (nSPS) is 17.4. The maximum absolute atomic E-state index is 5.88. The molecule has 0 aromatic heterocycles. The van der Waals surface area contributed by atoms with Crippen molar-refractivity contribution in [3.63, 3.8) is 0 Å². The minimum absolute atomic E-state index is 0.377. The van der Waals surface area contributed by atoms with Gasteiger partial charge in [0.25, 0.3) is 0 Å². The number of nitrogens with one attached hydrogen (secondary N) is 1. The fourth-order valence-corrected chi connectivity index (χ4v) is 2.78. The number of ether oxygens (including phenoxy) is 1. The zero-order valence-electron chi connectivity index (χ0n) is 10.6. The number of anilines is 1. The van der Waals surface area contributed by atoms with E-state index < -0.39 is 0 Å². The van der Waals surface area contributed by atoms with Crippen LogP contribution in [0, 0.1) is 0 Å². The SMILES string of the molecule is Brc1ccccc1OCC1CCc2ccccc2N1. The van der Waals surface area contributed by atoms with Crippen molar-refractivity contribution < 1.29 is 4.74 Å². The molecule has 0 saturated carbocycles. The number of rotatable bonds is 3. The van der Waals surface area contributed by atoms with Gasteiger partial charge in [-0.1, -0.05) is 30.3 Å². The van der Waals surface area contributed by atoms with Gasteiger partial charge in [0.1, 0.15) is 12.4 Å². The van der Waals surface area contributed by atoms with Gasteiger partial charge in [-0.15, -0.1) is 0 Å². The Kier molecular flexibility index (Phi) is 3.74. The van der Waals surface area contributed by atoms with Crippen molar-refractivity contribution in [3.8, 4) is 5.75 Å². The lowest BCUT2D eigenvalue weighted by atomic mass is 9.99. The molecule has 1 atom stereocenters. The van der Waals surface area contributed by atoms with Crippen LogP contribution in [0.15, 0.2) is 53.0 Å². The molecule has 0 amide bonds. The summed E-state index contributed by atoms with van der Waals surface area (Å²) in [6.45, 7) is 0.691. The first-order valence-corrected chi connectivity index (χ1v) is 7.34. The van der Waals surface area contributed by atoms with Crippen LogP contribution < -0.4 is 10.1 Å². The number of para-hydroxylation sites is 2. The number of fused-ring (bicyclic) bond motifs is 1. The first kappa shape index (κ1) is 12.5. The summed E-state index contributed by atoms with van der Waals surface area (Å²) in [7, 11) is 0. The van der Waals surface area contributed by atoms with Crippen LogP contribution in [-0.2, 0) is 6.42 Å². The summed E-state index contributed by atoms with van der Waals surface area (Å²) < 4.78 is 6.89. The molecule has 0 bridgehead atoms. The molecule has 0 saturated heterocycles. The molecule has 0 aliphatic carbocycles. The fraction of sp³-hybridized carbons (Fsp3) is 0.250. The Hall–Kier alpha value is -1.48. The Balaban J connectivity index is 1.62. The van der Waals surface area contributed by atoms with E-state index in [2.05, 4.69) is 45.5 Å². The molecule has 1 N–H and O–H groups in total. The van der Waals surface area contributed by atoms with Crippen LogP contribution in [0.5, 0.6) is 5.75 Å². The third kappa shape index (κ3) is 2.92. The molecule has 1 heterocycles. The predicted molar refractivity (Wildman–Crippen MR) is 81.8 cm³/mol. The number of halogens is 1. The zero-order valence-corrected chi connectivity index (χ0v) is 12.2. The topological polar surface area (TPSA) is 21.3 Å². The van der Waals surface area contributed by atoms with E-state index in [1.807, 2.05) is 24.3 Å². The van der Waals surface area contributed by atoms with E-state index in [-0.39, 0.29) is 0 Å². The van der Waals surface area contributed by atoms with Gasteiger partial charge in [0.2, 0.25) is 0 Å². The van der Waals surface area contributed by atoms with E-state index in [9.17, 15) is 0 Å². The lowest BCUT2D eigenvalue weighted by Gasteiger charge is -2.27. The van der Waals surface area contributed by atoms with Gasteiger partial charge in [0, 0.05) is 5.69 Å². The maximum Gasteiger partial charge on any atom is 0.133 e. The van der Waals surface area contributed by atoms with Gasteiger partial charge < -0.3 is 10.1 Å². The molecule has 3 rings (SSSR count). The number of aryl methyl sites for hydroxylation is 1. The second-order valence-electron chi connectivity index (χ2n) is 4.78. The van der Waals surface area contributed by atoms with E-state index in [1.54, 1.807) is 0 Å². The Morgan fingerprint density at radius 3 is 2.79 bits per heavy atom. The zero-order chi connectivity index (χ0) is 13.1. The second-order valence-corrected chi connectivity index (χ2v) is 5.63. The molecule has 1 unspecified atom stereocenters. The summed E-state index contributed by atoms with van der Waals surface area (Å²) in [5, 5.41) is 3.55. The van der Waals surface area contributed by atoms with Crippen molar-refractivity contribution >= 4 is 21.6 Å². The van der Waals surface area contributed by atoms with Crippen LogP contribution in [0.25, 0.3) is 0 Å². The summed E-state index contributed by atoms with van der Waals surface area (Å²) in [5.74, 6) is 0.906. The van der Waals surface area contributed by atoms with Gasteiger partial charge in [-0.05, 0) is 52.5 Å². The molecular weight excluding hydrogens is 302 g/mol. The molecule has 0 spiro atoms. The summed E-state index contributed by atoms with van der Waals surface area (Å²) in [5.41, 5.74) is 2.65. The van der Waals surface area contributed by atoms with E-state index in [1.165, 1.54) is 11.3 Å². The molecule has 2 nitrogen and oxygen atoms in total. The molecule has 2 aromatic rings. The first-order valence-electron chi connectivity index (χ1n) is 6.55. The third-order valence-electron chi connectivity index (χ3n) is 3.42. The molecule has 3 heteroatoms. The molecule has 98 valence electrons. The van der Waals surface area contributed by atoms with Gasteiger partial charge in [0.15, 0.2) is 0 Å². The molecule has 1 aliphatic rings. The minimum Gasteiger partial charge on any atom is -0.490 e. The Morgan fingerprint density at radius 1 is 1.11 bits per heavy atom. The fourth-order valence-electron chi connectivity index (χ4n) is 2.38. The van der Waals surface area contributed by atoms with Crippen LogP contribution in [-0.4, -0.2) is 12.6 Å². The van der Waals surface area contributed by atoms with Crippen molar-refractivity contribution in [2.75, 3.05) is 11.9 Å². The highest BCUT2D eigenvalue weighted by molar-refractivity contribution is 9.10. The number of benzene rings is 2. The van der Waals surface area contributed by atoms with Crippen LogP contribution >= 0.6 is 15.9 Å². The van der Waals surface area contributed by atoms with Crippen molar-refractivity contribution in [3.05, 3.63) is 58.6 Å². The van der Waals surface area contributed by atoms with Crippen molar-refractivity contribution in [1.29, 1.82) is 0 Å². The van der Waals surface area contributed by atoms with E-state index in [4.69, 9.17) is 4.74 Å². The van der Waals surface area contributed by atoms with Gasteiger partial charge >= 0.3 is 0 Å². The van der Waals surface area contributed by atoms with Crippen LogP contribution in [0.4, 0.5) is 5.69 Å². The molecular formula is C16H16BrNO. The maximum atomic E-state index is 5.88. The Bertz CT molecular complexity index is 570. The van der Waals surface area contributed by atoms with E-state index >= 15 is 0 Å². The standard InChI is InChI=1S/C16H16BrNO/c17-14-6-2-4-8-16(14)19-11-13-10-9-12-5-1-3-7-15(12)18-13/h1-8,13,18H,9-11H2. The average Bonchev–Trinajstić information content (AvgIpc) is 2.46. The highest BCUT2D eigenvalue weighted by Crippen LogP contribution is 2.27. The van der Waals surface area contributed by atoms with Crippen molar-refractivity contribution in [2.45, 2.75) is 18.9 Å². The van der Waals surface area contributed by atoms with Gasteiger partial charge in [0.05, 0.1) is 10.5 Å². The lowest BCUT2D eigenvalue weighted by molar-refractivity contribution is 0.287. The Morgan fingerprint density at radius 2 is 1.89 bits per heavy atom. The highest BCUT2D eigenvalue weighted by atomic mass is 79.9. The van der Waals surface area contributed by atoms with Crippen LogP contribution in [0.1, 0.15) is 12.0 Å². The first-order chi connectivity index (χ1) is 9.33. The van der Waals surface area contributed by atoms with Crippen LogP contribution in [0.2, 0.25) is 0 Å². The van der Waals surface area contributed by atoms with Gasteiger partial charge in [-0.3, -0.25) is 0 Å². The molecule has 19 heavy (non-hydrogen) atoms. The van der Waals surface area contributed by atoms with E-state index in [0.29, 0.717) is 12.6 Å². The summed E-state index contributed by atoms with van der Waals surface area (Å²) >= 11 is 3.50. The quantitative estimate of drug-likeness (QED) is 0.913. The summed E-state index contributed by atoms with van der Waals surface area (Å²) in [6, 6.07) is 16.8. The third-order valence-corrected chi connectivity index (χ3v) is 4.07. The summed E-state index contributed by atoms with van der Waals surface area (Å²) in [4.78, 5) is 0. The molecule has 2 aromatic carbocycles. The van der Waals surface area contributed by atoms with Crippen molar-refractivity contribution in [2.24, 2.45) is 0 Å². The van der Waals surface area contributed by atoms with Crippen molar-refractivity contribution in [1.82, 2.24) is 0 Å². The molecule has 1 aliphatic heterocycles. The molecule has 0 radical (unpaired) electrons. The number of hydrogen-bond acceptors (Lipinski definition) is 2. The molecule has 0 fully saturated rings. The van der Waals surface area contributed by atoms with Gasteiger partial charge in [-0.25, -0.2) is 0 Å². The highest BCUT2D eigenvalue weighted by Gasteiger charge is 2.17. The lowest BCUT2D eigenvalue weighted by Crippen LogP contribution is -2.31. The summed E-state index contributed by atoms with van der Waals surface area (Å²) in [6.07, 6.45) is 2.23. The average molecular weight is 318 g/mol. The Labute approximate surface area is 121 Å². The van der Waals surface area contributed by atoms with E-state index in [0.717, 1.165) is 23.1 Å². The number of hydrogen-bond donors (Lipinski definition) is 1. The largest absolute Gasteiger partial charge is 0.490 e. The second kappa shape index (κ2) is 5.66. The van der Waals surface area contributed by atoms with Crippen LogP contribution in [0.3, 0.4) is 0 Å². The van der Waals surface area contributed by atoms with Gasteiger partial charge in [-0.2, -0.15) is 0 Å². The monoisotopic (exact) mass is 317 g/mol. The predicted octanol–water partition coefficient (Wildman–Crippen LogP) is 4.25. The minimum atomic E-state index is 0.377.